The van der Waals surface area contributed by atoms with Crippen LogP contribution < -0.4 is 0 Å². The Hall–Kier alpha value is -2.10. The van der Waals surface area contributed by atoms with E-state index in [-0.39, 0.29) is 0 Å². The van der Waals surface area contributed by atoms with Gasteiger partial charge in [0.1, 0.15) is 24.1 Å². The fourth-order valence-electron chi connectivity index (χ4n) is 2.19. The van der Waals surface area contributed by atoms with Crippen molar-refractivity contribution in [2.45, 2.75) is 6.67 Å². The summed E-state index contributed by atoms with van der Waals surface area (Å²) in [5, 5.41) is 17.1. The summed E-state index contributed by atoms with van der Waals surface area (Å²) in [5.74, 6) is 0.735. The Labute approximate surface area is 134 Å². The molecule has 0 atom stereocenters. The van der Waals surface area contributed by atoms with Crippen LogP contribution in [0, 0.1) is 0 Å². The summed E-state index contributed by atoms with van der Waals surface area (Å²) in [6.07, 6.45) is 1.76. The van der Waals surface area contributed by atoms with Gasteiger partial charge in [-0.05, 0) is 11.4 Å². The lowest BCUT2D eigenvalue weighted by Gasteiger charge is -2.20. The van der Waals surface area contributed by atoms with E-state index in [0.717, 1.165) is 27.8 Å². The van der Waals surface area contributed by atoms with E-state index < -0.39 is 0 Å². The van der Waals surface area contributed by atoms with E-state index in [0.29, 0.717) is 13.4 Å². The molecule has 4 heterocycles. The number of fused-ring (bicyclic) bond motifs is 1. The van der Waals surface area contributed by atoms with Crippen molar-refractivity contribution in [2.24, 2.45) is 10.3 Å². The van der Waals surface area contributed by atoms with Crippen LogP contribution in [0.2, 0.25) is 0 Å². The van der Waals surface area contributed by atoms with Gasteiger partial charge in [-0.25, -0.2) is 15.0 Å². The van der Waals surface area contributed by atoms with Crippen molar-refractivity contribution in [3.63, 3.8) is 0 Å². The Balaban J connectivity index is 1.65. The highest BCUT2D eigenvalue weighted by molar-refractivity contribution is 7.13. The van der Waals surface area contributed by atoms with E-state index in [2.05, 4.69) is 31.8 Å². The van der Waals surface area contributed by atoms with Crippen molar-refractivity contribution < 1.29 is 4.74 Å². The molecule has 1 aliphatic heterocycles. The van der Waals surface area contributed by atoms with Gasteiger partial charge in [0.05, 0.1) is 12.0 Å². The molecule has 7 nitrogen and oxygen atoms in total. The molecule has 0 aliphatic carbocycles. The van der Waals surface area contributed by atoms with Crippen LogP contribution in [0.4, 0.5) is 5.82 Å². The molecule has 9 heteroatoms. The third-order valence-electron chi connectivity index (χ3n) is 3.19. The Morgan fingerprint density at radius 2 is 2.32 bits per heavy atom. The summed E-state index contributed by atoms with van der Waals surface area (Å²) in [7, 11) is 1.63. The number of nitrogens with zero attached hydrogens (tertiary/aromatic N) is 6. The minimum Gasteiger partial charge on any atom is -0.363 e. The van der Waals surface area contributed by atoms with E-state index in [1.165, 1.54) is 0 Å². The van der Waals surface area contributed by atoms with Crippen LogP contribution in [0.5, 0.6) is 0 Å². The monoisotopic (exact) mass is 332 g/mol. The molecule has 1 aliphatic rings. The van der Waals surface area contributed by atoms with Crippen molar-refractivity contribution in [3.8, 4) is 22.0 Å². The molecule has 4 rings (SSSR count). The summed E-state index contributed by atoms with van der Waals surface area (Å²) in [6, 6.07) is 2.06. The minimum atomic E-state index is 0.399. The number of methoxy groups -OCH3 is 1. The molecule has 0 N–H and O–H groups in total. The normalized spacial score (nSPS) is 13.6. The first-order chi connectivity index (χ1) is 10.8. The number of imidazole rings is 1. The molecule has 3 aromatic rings. The van der Waals surface area contributed by atoms with Gasteiger partial charge < -0.3 is 4.74 Å². The number of hydrogen-bond donors (Lipinski definition) is 0. The molecule has 3 aromatic heterocycles. The smallest absolute Gasteiger partial charge is 0.188 e. The third kappa shape index (κ3) is 2.32. The molecule has 22 heavy (non-hydrogen) atoms. The van der Waals surface area contributed by atoms with Gasteiger partial charge in [-0.1, -0.05) is 5.22 Å². The largest absolute Gasteiger partial charge is 0.363 e. The molecule has 0 saturated carbocycles. The lowest BCUT2D eigenvalue weighted by atomic mass is 10.3. The first kappa shape index (κ1) is 13.6. The maximum atomic E-state index is 5.06. The molecule has 0 saturated heterocycles. The van der Waals surface area contributed by atoms with Crippen molar-refractivity contribution in [3.05, 3.63) is 28.5 Å². The summed E-state index contributed by atoms with van der Waals surface area (Å²) >= 11 is 3.23. The fourth-order valence-corrected chi connectivity index (χ4v) is 3.65. The van der Waals surface area contributed by atoms with E-state index in [1.54, 1.807) is 41.1 Å². The first-order valence-electron chi connectivity index (χ1n) is 6.54. The van der Waals surface area contributed by atoms with Crippen molar-refractivity contribution in [2.75, 3.05) is 13.8 Å². The number of hydrogen-bond acceptors (Lipinski definition) is 8. The topological polar surface area (TPSA) is 67.9 Å². The number of thiophene rings is 1. The molecule has 0 amide bonds. The Kier molecular flexibility index (Phi) is 3.45. The van der Waals surface area contributed by atoms with Gasteiger partial charge in [-0.15, -0.1) is 16.5 Å². The zero-order valence-corrected chi connectivity index (χ0v) is 13.3. The van der Waals surface area contributed by atoms with Crippen LogP contribution >= 0.6 is 22.7 Å². The van der Waals surface area contributed by atoms with Crippen molar-refractivity contribution in [1.82, 2.24) is 19.5 Å². The molecular formula is C13H12N6OS2. The number of thiazole rings is 1. The summed E-state index contributed by atoms with van der Waals surface area (Å²) in [5.41, 5.74) is 2.87. The zero-order valence-electron chi connectivity index (χ0n) is 11.7. The number of aromatic nitrogens is 3. The second-order valence-corrected chi connectivity index (χ2v) is 6.33. The Morgan fingerprint density at radius 1 is 1.36 bits per heavy atom. The van der Waals surface area contributed by atoms with Crippen LogP contribution in [-0.4, -0.2) is 33.4 Å². The van der Waals surface area contributed by atoms with Gasteiger partial charge in [-0.2, -0.15) is 11.3 Å². The highest BCUT2D eigenvalue weighted by Gasteiger charge is 2.20. The van der Waals surface area contributed by atoms with Crippen molar-refractivity contribution >= 4 is 28.5 Å². The van der Waals surface area contributed by atoms with Gasteiger partial charge >= 0.3 is 0 Å². The highest BCUT2D eigenvalue weighted by atomic mass is 32.1. The molecule has 0 aromatic carbocycles. The van der Waals surface area contributed by atoms with Gasteiger partial charge in [-0.3, -0.25) is 4.57 Å². The summed E-state index contributed by atoms with van der Waals surface area (Å²) in [6.45, 7) is 0.971. The quantitative estimate of drug-likeness (QED) is 0.732. The molecule has 0 unspecified atom stereocenters. The van der Waals surface area contributed by atoms with E-state index in [4.69, 9.17) is 4.74 Å². The molecule has 0 fully saturated rings. The van der Waals surface area contributed by atoms with Crippen LogP contribution in [0.25, 0.3) is 22.0 Å². The van der Waals surface area contributed by atoms with E-state index >= 15 is 0 Å². The SMILES string of the molecule is COCN1Cn2cnc(-c3nc(-c4ccsc4)cs3)c2N=N1. The first-order valence-corrected chi connectivity index (χ1v) is 8.36. The predicted molar refractivity (Wildman–Crippen MR) is 84.9 cm³/mol. The average molecular weight is 332 g/mol. The standard InChI is InChI=1S/C13H12N6OS2/c1-20-8-19-7-18-6-14-11(12(18)16-17-19)13-15-10(5-22-13)9-2-3-21-4-9/h2-6H,7-8H2,1H3. The Morgan fingerprint density at radius 3 is 3.14 bits per heavy atom. The number of ether oxygens (including phenoxy) is 1. The molecule has 0 radical (unpaired) electrons. The van der Waals surface area contributed by atoms with Gasteiger partial charge in [0.25, 0.3) is 0 Å². The number of rotatable bonds is 4. The van der Waals surface area contributed by atoms with E-state index in [9.17, 15) is 0 Å². The highest BCUT2D eigenvalue weighted by Crippen LogP contribution is 2.35. The second kappa shape index (κ2) is 5.59. The van der Waals surface area contributed by atoms with Crippen LogP contribution in [0.1, 0.15) is 0 Å². The van der Waals surface area contributed by atoms with Crippen LogP contribution in [0.3, 0.4) is 0 Å². The second-order valence-electron chi connectivity index (χ2n) is 4.69. The molecule has 0 bridgehead atoms. The van der Waals surface area contributed by atoms with E-state index in [1.807, 2.05) is 15.3 Å². The summed E-state index contributed by atoms with van der Waals surface area (Å²) in [4.78, 5) is 9.12. The summed E-state index contributed by atoms with van der Waals surface area (Å²) < 4.78 is 7.00. The van der Waals surface area contributed by atoms with Crippen LogP contribution in [0.15, 0.2) is 38.9 Å². The lowest BCUT2D eigenvalue weighted by molar-refractivity contribution is 0.0335. The Bertz CT molecular complexity index is 806. The third-order valence-corrected chi connectivity index (χ3v) is 4.73. The molecular weight excluding hydrogens is 320 g/mol. The zero-order chi connectivity index (χ0) is 14.9. The molecule has 0 spiro atoms. The van der Waals surface area contributed by atoms with Gasteiger partial charge in [0, 0.05) is 23.4 Å². The maximum Gasteiger partial charge on any atom is 0.188 e. The average Bonchev–Trinajstić information content (AvgIpc) is 3.26. The van der Waals surface area contributed by atoms with Crippen molar-refractivity contribution in [1.29, 1.82) is 0 Å². The fraction of sp³-hybridized carbons (Fsp3) is 0.231. The predicted octanol–water partition coefficient (Wildman–Crippen LogP) is 3.61. The molecule has 112 valence electrons. The van der Waals surface area contributed by atoms with Gasteiger partial charge in [0.2, 0.25) is 0 Å². The lowest BCUT2D eigenvalue weighted by Crippen LogP contribution is -2.24. The maximum absolute atomic E-state index is 5.06. The minimum absolute atomic E-state index is 0.399. The van der Waals surface area contributed by atoms with Crippen LogP contribution in [-0.2, 0) is 11.4 Å². The van der Waals surface area contributed by atoms with Gasteiger partial charge in [0.15, 0.2) is 5.82 Å².